The Labute approximate surface area is 113 Å². The summed E-state index contributed by atoms with van der Waals surface area (Å²) < 4.78 is 45.3. The molecule has 0 bridgehead atoms. The molecule has 0 spiro atoms. The van der Waals surface area contributed by atoms with Crippen molar-refractivity contribution in [1.82, 2.24) is 5.32 Å². The monoisotopic (exact) mass is 289 g/mol. The summed E-state index contributed by atoms with van der Waals surface area (Å²) in [5, 5.41) is 2.99. The summed E-state index contributed by atoms with van der Waals surface area (Å²) in [6.45, 7) is 0.547. The molecule has 20 heavy (non-hydrogen) atoms. The van der Waals surface area contributed by atoms with Crippen molar-refractivity contribution in [2.75, 3.05) is 13.7 Å². The SMILES string of the molecule is COC1CNC(C(=O)c2cccc(OC(F)(F)F)c2)C1. The predicted octanol–water partition coefficient (Wildman–Crippen LogP) is 2.14. The maximum absolute atomic E-state index is 12.2. The second-order valence-electron chi connectivity index (χ2n) is 4.49. The van der Waals surface area contributed by atoms with Crippen LogP contribution in [0.2, 0.25) is 0 Å². The number of Topliss-reactive ketones (excluding diaryl/α,β-unsaturated/α-hetero) is 1. The van der Waals surface area contributed by atoms with Crippen LogP contribution in [0.3, 0.4) is 0 Å². The molecule has 0 amide bonds. The highest BCUT2D eigenvalue weighted by atomic mass is 19.4. The molecular formula is C13H14F3NO3. The minimum absolute atomic E-state index is 0.0569. The number of ether oxygens (including phenoxy) is 2. The topological polar surface area (TPSA) is 47.6 Å². The Kier molecular flexibility index (Phi) is 4.29. The van der Waals surface area contributed by atoms with Crippen LogP contribution in [-0.2, 0) is 4.74 Å². The molecule has 1 N–H and O–H groups in total. The molecule has 110 valence electrons. The van der Waals surface area contributed by atoms with Crippen LogP contribution in [0.25, 0.3) is 0 Å². The first-order chi connectivity index (χ1) is 9.39. The normalized spacial score (nSPS) is 22.8. The van der Waals surface area contributed by atoms with Gasteiger partial charge < -0.3 is 14.8 Å². The smallest absolute Gasteiger partial charge is 0.406 e. The molecule has 4 nitrogen and oxygen atoms in total. The van der Waals surface area contributed by atoms with E-state index in [0.717, 1.165) is 12.1 Å². The Morgan fingerprint density at radius 1 is 1.40 bits per heavy atom. The van der Waals surface area contributed by atoms with E-state index in [2.05, 4.69) is 10.1 Å². The van der Waals surface area contributed by atoms with Crippen molar-refractivity contribution in [2.45, 2.75) is 24.9 Å². The third kappa shape index (κ3) is 3.71. The molecule has 0 aromatic heterocycles. The molecule has 1 aliphatic rings. The lowest BCUT2D eigenvalue weighted by Gasteiger charge is -2.12. The van der Waals surface area contributed by atoms with Crippen LogP contribution in [0, 0.1) is 0 Å². The predicted molar refractivity (Wildman–Crippen MR) is 64.7 cm³/mol. The molecule has 0 aliphatic carbocycles. The fourth-order valence-corrected chi connectivity index (χ4v) is 2.13. The van der Waals surface area contributed by atoms with Gasteiger partial charge in [0.2, 0.25) is 0 Å². The Morgan fingerprint density at radius 2 is 2.15 bits per heavy atom. The maximum atomic E-state index is 12.2. The summed E-state index contributed by atoms with van der Waals surface area (Å²) in [6, 6.07) is 4.63. The van der Waals surface area contributed by atoms with Gasteiger partial charge in [0, 0.05) is 19.2 Å². The fraction of sp³-hybridized carbons (Fsp3) is 0.462. The minimum atomic E-state index is -4.77. The Bertz CT molecular complexity index is 490. The molecule has 1 saturated heterocycles. The number of ketones is 1. The highest BCUT2D eigenvalue weighted by Gasteiger charge is 2.32. The number of hydrogen-bond acceptors (Lipinski definition) is 4. The summed E-state index contributed by atoms with van der Waals surface area (Å²) >= 11 is 0. The molecule has 0 radical (unpaired) electrons. The molecule has 0 saturated carbocycles. The third-order valence-electron chi connectivity index (χ3n) is 3.09. The Hall–Kier alpha value is -1.60. The van der Waals surface area contributed by atoms with Gasteiger partial charge in [-0.05, 0) is 18.6 Å². The molecule has 2 atom stereocenters. The molecule has 1 fully saturated rings. The minimum Gasteiger partial charge on any atom is -0.406 e. The van der Waals surface area contributed by atoms with E-state index < -0.39 is 18.2 Å². The van der Waals surface area contributed by atoms with Gasteiger partial charge in [-0.25, -0.2) is 0 Å². The number of alkyl halides is 3. The first kappa shape index (κ1) is 14.8. The molecule has 1 aliphatic heterocycles. The summed E-state index contributed by atoms with van der Waals surface area (Å²) in [6.07, 6.45) is -4.33. The van der Waals surface area contributed by atoms with Crippen LogP contribution in [0.15, 0.2) is 24.3 Å². The van der Waals surface area contributed by atoms with E-state index in [1.165, 1.54) is 12.1 Å². The second kappa shape index (κ2) is 5.80. The van der Waals surface area contributed by atoms with Crippen LogP contribution in [-0.4, -0.2) is 37.9 Å². The van der Waals surface area contributed by atoms with Crippen molar-refractivity contribution >= 4 is 5.78 Å². The number of benzene rings is 1. The van der Waals surface area contributed by atoms with E-state index in [1.54, 1.807) is 7.11 Å². The average Bonchev–Trinajstić information content (AvgIpc) is 2.85. The molecule has 1 aromatic rings. The van der Waals surface area contributed by atoms with Crippen molar-refractivity contribution in [1.29, 1.82) is 0 Å². The van der Waals surface area contributed by atoms with Crippen LogP contribution in [0.1, 0.15) is 16.8 Å². The first-order valence-corrected chi connectivity index (χ1v) is 6.05. The molecule has 2 unspecified atom stereocenters. The van der Waals surface area contributed by atoms with Gasteiger partial charge in [-0.1, -0.05) is 12.1 Å². The zero-order valence-electron chi connectivity index (χ0n) is 10.7. The van der Waals surface area contributed by atoms with Gasteiger partial charge in [-0.2, -0.15) is 0 Å². The number of methoxy groups -OCH3 is 1. The van der Waals surface area contributed by atoms with Gasteiger partial charge in [-0.15, -0.1) is 13.2 Å². The highest BCUT2D eigenvalue weighted by molar-refractivity contribution is 6.00. The van der Waals surface area contributed by atoms with Crippen LogP contribution in [0.5, 0.6) is 5.75 Å². The van der Waals surface area contributed by atoms with E-state index in [-0.39, 0.29) is 17.5 Å². The number of nitrogens with one attached hydrogen (secondary N) is 1. The van der Waals surface area contributed by atoms with Gasteiger partial charge in [0.05, 0.1) is 12.1 Å². The van der Waals surface area contributed by atoms with E-state index in [1.807, 2.05) is 0 Å². The summed E-state index contributed by atoms with van der Waals surface area (Å²) in [4.78, 5) is 12.2. The number of carbonyl (C=O) groups is 1. The second-order valence-corrected chi connectivity index (χ2v) is 4.49. The Morgan fingerprint density at radius 3 is 2.75 bits per heavy atom. The van der Waals surface area contributed by atoms with Crippen molar-refractivity contribution in [3.8, 4) is 5.75 Å². The molecule has 2 rings (SSSR count). The summed E-state index contributed by atoms with van der Waals surface area (Å²) in [5.41, 5.74) is 0.181. The van der Waals surface area contributed by atoms with Gasteiger partial charge >= 0.3 is 6.36 Å². The summed E-state index contributed by atoms with van der Waals surface area (Å²) in [7, 11) is 1.55. The van der Waals surface area contributed by atoms with Crippen molar-refractivity contribution in [2.24, 2.45) is 0 Å². The number of halogens is 3. The first-order valence-electron chi connectivity index (χ1n) is 6.05. The van der Waals surface area contributed by atoms with E-state index in [0.29, 0.717) is 13.0 Å². The lowest BCUT2D eigenvalue weighted by Crippen LogP contribution is -2.30. The Balaban J connectivity index is 2.09. The number of rotatable bonds is 4. The molecular weight excluding hydrogens is 275 g/mol. The zero-order chi connectivity index (χ0) is 14.8. The number of carbonyl (C=O) groups excluding carboxylic acids is 1. The van der Waals surface area contributed by atoms with Crippen LogP contribution >= 0.6 is 0 Å². The van der Waals surface area contributed by atoms with Crippen LogP contribution in [0.4, 0.5) is 13.2 Å². The van der Waals surface area contributed by atoms with Crippen LogP contribution < -0.4 is 10.1 Å². The van der Waals surface area contributed by atoms with Gasteiger partial charge in [0.1, 0.15) is 5.75 Å². The lowest BCUT2D eigenvalue weighted by atomic mass is 10.0. The van der Waals surface area contributed by atoms with Gasteiger partial charge in [-0.3, -0.25) is 4.79 Å². The van der Waals surface area contributed by atoms with Crippen molar-refractivity contribution in [3.63, 3.8) is 0 Å². The average molecular weight is 289 g/mol. The molecule has 7 heteroatoms. The van der Waals surface area contributed by atoms with E-state index >= 15 is 0 Å². The third-order valence-corrected chi connectivity index (χ3v) is 3.09. The zero-order valence-corrected chi connectivity index (χ0v) is 10.7. The highest BCUT2D eigenvalue weighted by Crippen LogP contribution is 2.24. The van der Waals surface area contributed by atoms with E-state index in [9.17, 15) is 18.0 Å². The number of hydrogen-bond donors (Lipinski definition) is 1. The van der Waals surface area contributed by atoms with Gasteiger partial charge in [0.25, 0.3) is 0 Å². The quantitative estimate of drug-likeness (QED) is 0.863. The standard InChI is InChI=1S/C13H14F3NO3/c1-19-10-6-11(17-7-10)12(18)8-3-2-4-9(5-8)20-13(14,15)16/h2-5,10-11,17H,6-7H2,1H3. The summed E-state index contributed by atoms with van der Waals surface area (Å²) in [5.74, 6) is -0.665. The van der Waals surface area contributed by atoms with Crippen molar-refractivity contribution < 1.29 is 27.4 Å². The largest absolute Gasteiger partial charge is 0.573 e. The van der Waals surface area contributed by atoms with E-state index in [4.69, 9.17) is 4.74 Å². The van der Waals surface area contributed by atoms with Crippen molar-refractivity contribution in [3.05, 3.63) is 29.8 Å². The fourth-order valence-electron chi connectivity index (χ4n) is 2.13. The van der Waals surface area contributed by atoms with Gasteiger partial charge in [0.15, 0.2) is 5.78 Å². The lowest BCUT2D eigenvalue weighted by molar-refractivity contribution is -0.274. The molecule has 1 heterocycles. The maximum Gasteiger partial charge on any atom is 0.573 e. The molecule has 1 aromatic carbocycles.